The van der Waals surface area contributed by atoms with Crippen LogP contribution >= 0.6 is 23.2 Å². The highest BCUT2D eigenvalue weighted by molar-refractivity contribution is 6.31. The first-order valence-electron chi connectivity index (χ1n) is 6.42. The highest BCUT2D eigenvalue weighted by Gasteiger charge is 2.10. The molecule has 2 aromatic carbocycles. The van der Waals surface area contributed by atoms with Crippen LogP contribution in [0.3, 0.4) is 0 Å². The molecule has 0 radical (unpaired) electrons. The summed E-state index contributed by atoms with van der Waals surface area (Å²) in [5, 5.41) is 4.88. The summed E-state index contributed by atoms with van der Waals surface area (Å²) in [6.07, 6.45) is 0. The van der Waals surface area contributed by atoms with Crippen LogP contribution in [0.15, 0.2) is 42.5 Å². The van der Waals surface area contributed by atoms with E-state index in [-0.39, 0.29) is 6.04 Å². The number of hydrogen-bond donors (Lipinski definition) is 1. The van der Waals surface area contributed by atoms with Crippen molar-refractivity contribution >= 4 is 23.2 Å². The lowest BCUT2D eigenvalue weighted by Gasteiger charge is -2.17. The van der Waals surface area contributed by atoms with E-state index in [9.17, 15) is 0 Å². The molecule has 0 bridgehead atoms. The lowest BCUT2D eigenvalue weighted by Crippen LogP contribution is -2.18. The molecule has 2 aromatic rings. The van der Waals surface area contributed by atoms with Crippen LogP contribution in [0.2, 0.25) is 10.0 Å². The monoisotopic (exact) mass is 309 g/mol. The van der Waals surface area contributed by atoms with Crippen LogP contribution in [0.25, 0.3) is 0 Å². The van der Waals surface area contributed by atoms with Gasteiger partial charge in [0.05, 0.1) is 7.11 Å². The van der Waals surface area contributed by atoms with Crippen molar-refractivity contribution < 1.29 is 4.74 Å². The first-order chi connectivity index (χ1) is 9.61. The SMILES string of the molecule is COc1cccc(Cl)c1CN[C@H](C)c1cccc(Cl)c1. The molecule has 1 atom stereocenters. The molecular formula is C16H17Cl2NO. The second-order valence-electron chi connectivity index (χ2n) is 4.58. The van der Waals surface area contributed by atoms with Gasteiger partial charge in [-0.15, -0.1) is 0 Å². The maximum Gasteiger partial charge on any atom is 0.124 e. The minimum Gasteiger partial charge on any atom is -0.496 e. The van der Waals surface area contributed by atoms with Crippen molar-refractivity contribution in [2.24, 2.45) is 0 Å². The Morgan fingerprint density at radius 1 is 1.15 bits per heavy atom. The van der Waals surface area contributed by atoms with Crippen molar-refractivity contribution in [3.63, 3.8) is 0 Å². The van der Waals surface area contributed by atoms with E-state index in [1.165, 1.54) is 0 Å². The fraction of sp³-hybridized carbons (Fsp3) is 0.250. The van der Waals surface area contributed by atoms with E-state index in [4.69, 9.17) is 27.9 Å². The van der Waals surface area contributed by atoms with Gasteiger partial charge in [-0.25, -0.2) is 0 Å². The Kier molecular flexibility index (Phi) is 5.30. The largest absolute Gasteiger partial charge is 0.496 e. The van der Waals surface area contributed by atoms with E-state index in [1.54, 1.807) is 7.11 Å². The molecule has 20 heavy (non-hydrogen) atoms. The molecule has 0 saturated carbocycles. The smallest absolute Gasteiger partial charge is 0.124 e. The highest BCUT2D eigenvalue weighted by atomic mass is 35.5. The lowest BCUT2D eigenvalue weighted by atomic mass is 10.1. The summed E-state index contributed by atoms with van der Waals surface area (Å²) in [5.74, 6) is 0.795. The Bertz CT molecular complexity index is 586. The molecule has 106 valence electrons. The zero-order chi connectivity index (χ0) is 14.5. The van der Waals surface area contributed by atoms with Crippen LogP contribution in [0.4, 0.5) is 0 Å². The van der Waals surface area contributed by atoms with E-state index in [0.717, 1.165) is 21.9 Å². The third-order valence-corrected chi connectivity index (χ3v) is 3.82. The van der Waals surface area contributed by atoms with Gasteiger partial charge >= 0.3 is 0 Å². The van der Waals surface area contributed by atoms with Gasteiger partial charge in [0, 0.05) is 28.2 Å². The molecule has 2 rings (SSSR count). The Morgan fingerprint density at radius 2 is 1.90 bits per heavy atom. The molecule has 0 aliphatic carbocycles. The van der Waals surface area contributed by atoms with Crippen molar-refractivity contribution in [3.05, 3.63) is 63.6 Å². The molecule has 1 N–H and O–H groups in total. The van der Waals surface area contributed by atoms with Gasteiger partial charge in [0.25, 0.3) is 0 Å². The minimum absolute atomic E-state index is 0.176. The van der Waals surface area contributed by atoms with Crippen molar-refractivity contribution in [3.8, 4) is 5.75 Å². The fourth-order valence-corrected chi connectivity index (χ4v) is 2.48. The quantitative estimate of drug-likeness (QED) is 0.852. The maximum absolute atomic E-state index is 6.22. The standard InChI is InChI=1S/C16H17Cl2NO/c1-11(12-5-3-6-13(17)9-12)19-10-14-15(18)7-4-8-16(14)20-2/h3-9,11,19H,10H2,1-2H3/t11-/m1/s1. The third kappa shape index (κ3) is 3.66. The topological polar surface area (TPSA) is 21.3 Å². The van der Waals surface area contributed by atoms with E-state index in [2.05, 4.69) is 12.2 Å². The Morgan fingerprint density at radius 3 is 2.60 bits per heavy atom. The summed E-state index contributed by atoms with van der Waals surface area (Å²) < 4.78 is 5.34. The summed E-state index contributed by atoms with van der Waals surface area (Å²) in [6.45, 7) is 2.73. The Balaban J connectivity index is 2.09. The van der Waals surface area contributed by atoms with Crippen molar-refractivity contribution in [2.75, 3.05) is 7.11 Å². The number of nitrogens with one attached hydrogen (secondary N) is 1. The number of rotatable bonds is 5. The predicted octanol–water partition coefficient (Wildman–Crippen LogP) is 4.85. The average Bonchev–Trinajstić information content (AvgIpc) is 2.45. The molecule has 0 aliphatic heterocycles. The number of halogens is 2. The molecule has 0 spiro atoms. The second-order valence-corrected chi connectivity index (χ2v) is 5.42. The van der Waals surface area contributed by atoms with Gasteiger partial charge < -0.3 is 10.1 Å². The molecule has 0 heterocycles. The van der Waals surface area contributed by atoms with Crippen molar-refractivity contribution in [1.82, 2.24) is 5.32 Å². The average molecular weight is 310 g/mol. The maximum atomic E-state index is 6.22. The van der Waals surface area contributed by atoms with Gasteiger partial charge in [-0.1, -0.05) is 41.4 Å². The highest BCUT2D eigenvalue weighted by Crippen LogP contribution is 2.27. The normalized spacial score (nSPS) is 12.2. The summed E-state index contributed by atoms with van der Waals surface area (Å²) in [4.78, 5) is 0. The molecule has 2 nitrogen and oxygen atoms in total. The van der Waals surface area contributed by atoms with E-state index >= 15 is 0 Å². The predicted molar refractivity (Wildman–Crippen MR) is 84.7 cm³/mol. The van der Waals surface area contributed by atoms with Crippen molar-refractivity contribution in [2.45, 2.75) is 19.5 Å². The molecule has 0 aliphatic rings. The van der Waals surface area contributed by atoms with Gasteiger partial charge in [0.2, 0.25) is 0 Å². The number of hydrogen-bond acceptors (Lipinski definition) is 2. The molecular weight excluding hydrogens is 293 g/mol. The minimum atomic E-state index is 0.176. The second kappa shape index (κ2) is 6.98. The molecule has 0 saturated heterocycles. The third-order valence-electron chi connectivity index (χ3n) is 3.23. The van der Waals surface area contributed by atoms with Crippen LogP contribution in [-0.2, 0) is 6.54 Å². The van der Waals surface area contributed by atoms with Gasteiger partial charge in [0.15, 0.2) is 0 Å². The Labute approximate surface area is 129 Å². The van der Waals surface area contributed by atoms with Crippen LogP contribution in [-0.4, -0.2) is 7.11 Å². The molecule has 0 amide bonds. The van der Waals surface area contributed by atoms with Crippen LogP contribution in [0, 0.1) is 0 Å². The molecule has 0 unspecified atom stereocenters. The summed E-state index contributed by atoms with van der Waals surface area (Å²) >= 11 is 12.2. The number of methoxy groups -OCH3 is 1. The summed E-state index contributed by atoms with van der Waals surface area (Å²) in [7, 11) is 1.65. The van der Waals surface area contributed by atoms with Crippen LogP contribution < -0.4 is 10.1 Å². The number of ether oxygens (including phenoxy) is 1. The van der Waals surface area contributed by atoms with Gasteiger partial charge in [-0.3, -0.25) is 0 Å². The van der Waals surface area contributed by atoms with Gasteiger partial charge in [-0.2, -0.15) is 0 Å². The molecule has 4 heteroatoms. The molecule has 0 fully saturated rings. The number of benzene rings is 2. The van der Waals surface area contributed by atoms with E-state index in [1.807, 2.05) is 42.5 Å². The molecule has 0 aromatic heterocycles. The van der Waals surface area contributed by atoms with Crippen LogP contribution in [0.1, 0.15) is 24.1 Å². The fourth-order valence-electron chi connectivity index (χ4n) is 2.05. The van der Waals surface area contributed by atoms with Crippen LogP contribution in [0.5, 0.6) is 5.75 Å². The lowest BCUT2D eigenvalue weighted by molar-refractivity contribution is 0.406. The summed E-state index contributed by atoms with van der Waals surface area (Å²) in [6, 6.07) is 13.7. The Hall–Kier alpha value is -1.22. The zero-order valence-electron chi connectivity index (χ0n) is 11.5. The first kappa shape index (κ1) is 15.2. The van der Waals surface area contributed by atoms with Gasteiger partial charge in [-0.05, 0) is 36.8 Å². The van der Waals surface area contributed by atoms with E-state index in [0.29, 0.717) is 11.6 Å². The van der Waals surface area contributed by atoms with Crippen molar-refractivity contribution in [1.29, 1.82) is 0 Å². The first-order valence-corrected chi connectivity index (χ1v) is 7.17. The zero-order valence-corrected chi connectivity index (χ0v) is 13.0. The summed E-state index contributed by atoms with van der Waals surface area (Å²) in [5.41, 5.74) is 2.11. The van der Waals surface area contributed by atoms with E-state index < -0.39 is 0 Å². The van der Waals surface area contributed by atoms with Gasteiger partial charge in [0.1, 0.15) is 5.75 Å².